The molecule has 0 amide bonds. The van der Waals surface area contributed by atoms with Crippen molar-refractivity contribution < 1.29 is 0 Å². The van der Waals surface area contributed by atoms with Crippen molar-refractivity contribution in [2.24, 2.45) is 0 Å². The highest BCUT2D eigenvalue weighted by Crippen LogP contribution is 2.36. The van der Waals surface area contributed by atoms with Gasteiger partial charge in [-0.2, -0.15) is 0 Å². The summed E-state index contributed by atoms with van der Waals surface area (Å²) in [6, 6.07) is 8.85. The van der Waals surface area contributed by atoms with Crippen molar-refractivity contribution in [3.05, 3.63) is 53.1 Å². The predicted octanol–water partition coefficient (Wildman–Crippen LogP) is 3.10. The number of rotatable bonds is 2. The molecule has 2 aliphatic rings. The quantitative estimate of drug-likeness (QED) is 0.786. The molecule has 0 spiro atoms. The fraction of sp³-hybridized carbons (Fsp3) is 0.438. The van der Waals surface area contributed by atoms with Gasteiger partial charge in [-0.15, -0.1) is 0 Å². The summed E-state index contributed by atoms with van der Waals surface area (Å²) >= 11 is 0. The number of hydrogen-bond acceptors (Lipinski definition) is 1. The minimum Gasteiger partial charge on any atom is -0.334 e. The van der Waals surface area contributed by atoms with Crippen molar-refractivity contribution in [2.45, 2.75) is 44.6 Å². The monoisotopic (exact) mass is 238 g/mol. The smallest absolute Gasteiger partial charge is 0.0951 e. The van der Waals surface area contributed by atoms with Gasteiger partial charge >= 0.3 is 0 Å². The van der Waals surface area contributed by atoms with Crippen LogP contribution in [0.25, 0.3) is 0 Å². The summed E-state index contributed by atoms with van der Waals surface area (Å²) in [5.41, 5.74) is 5.95. The van der Waals surface area contributed by atoms with Gasteiger partial charge in [0.25, 0.3) is 0 Å². The van der Waals surface area contributed by atoms with Crippen LogP contribution in [0.5, 0.6) is 0 Å². The van der Waals surface area contributed by atoms with Gasteiger partial charge in [0.2, 0.25) is 0 Å². The molecule has 0 bridgehead atoms. The van der Waals surface area contributed by atoms with Crippen molar-refractivity contribution in [3.63, 3.8) is 0 Å². The van der Waals surface area contributed by atoms with E-state index >= 15 is 0 Å². The molecule has 4 rings (SSSR count). The van der Waals surface area contributed by atoms with Gasteiger partial charge in [0.15, 0.2) is 0 Å². The second-order valence-corrected chi connectivity index (χ2v) is 5.60. The first-order chi connectivity index (χ1) is 8.92. The molecule has 18 heavy (non-hydrogen) atoms. The van der Waals surface area contributed by atoms with Gasteiger partial charge in [-0.25, -0.2) is 4.98 Å². The van der Waals surface area contributed by atoms with E-state index in [1.807, 2.05) is 0 Å². The molecule has 1 atom stereocenters. The minimum absolute atomic E-state index is 0.710. The Morgan fingerprint density at radius 2 is 2.06 bits per heavy atom. The summed E-state index contributed by atoms with van der Waals surface area (Å²) in [6.45, 7) is 1.12. The van der Waals surface area contributed by atoms with Gasteiger partial charge in [-0.3, -0.25) is 0 Å². The standard InChI is InChI=1S/C16H18N2/c1-2-6-14-12(5-1)9-13(14)10-18-11-17-15-7-3-4-8-16(15)18/h1-2,5-6,11,13H,3-4,7-10H2. The highest BCUT2D eigenvalue weighted by Gasteiger charge is 2.27. The zero-order valence-corrected chi connectivity index (χ0v) is 10.6. The molecule has 2 heteroatoms. The third kappa shape index (κ3) is 1.52. The van der Waals surface area contributed by atoms with Crippen LogP contribution >= 0.6 is 0 Å². The molecule has 1 aromatic carbocycles. The maximum atomic E-state index is 4.59. The molecule has 2 aliphatic carbocycles. The lowest BCUT2D eigenvalue weighted by molar-refractivity contribution is 0.490. The van der Waals surface area contributed by atoms with Crippen LogP contribution in [0.1, 0.15) is 41.3 Å². The summed E-state index contributed by atoms with van der Waals surface area (Å²) in [7, 11) is 0. The van der Waals surface area contributed by atoms with Crippen LogP contribution in [-0.4, -0.2) is 9.55 Å². The molecule has 1 heterocycles. The van der Waals surface area contributed by atoms with E-state index in [-0.39, 0.29) is 0 Å². The number of fused-ring (bicyclic) bond motifs is 2. The van der Waals surface area contributed by atoms with E-state index < -0.39 is 0 Å². The Bertz CT molecular complexity index is 583. The lowest BCUT2D eigenvalue weighted by Crippen LogP contribution is -2.23. The summed E-state index contributed by atoms with van der Waals surface area (Å²) in [5.74, 6) is 0.710. The number of aryl methyl sites for hydroxylation is 1. The van der Waals surface area contributed by atoms with E-state index in [0.717, 1.165) is 6.54 Å². The Labute approximate surface area is 108 Å². The van der Waals surface area contributed by atoms with Crippen molar-refractivity contribution in [1.29, 1.82) is 0 Å². The van der Waals surface area contributed by atoms with E-state index in [1.165, 1.54) is 49.1 Å². The zero-order chi connectivity index (χ0) is 11.9. The molecule has 0 fully saturated rings. The van der Waals surface area contributed by atoms with Gasteiger partial charge in [-0.05, 0) is 43.2 Å². The van der Waals surface area contributed by atoms with Crippen LogP contribution < -0.4 is 0 Å². The first-order valence-corrected chi connectivity index (χ1v) is 7.02. The Kier molecular flexibility index (Phi) is 2.29. The fourth-order valence-corrected chi connectivity index (χ4v) is 3.45. The van der Waals surface area contributed by atoms with E-state index in [4.69, 9.17) is 0 Å². The first kappa shape index (κ1) is 10.4. The van der Waals surface area contributed by atoms with Crippen LogP contribution in [-0.2, 0) is 25.8 Å². The molecule has 0 saturated carbocycles. The lowest BCUT2D eigenvalue weighted by Gasteiger charge is -2.31. The molecule has 1 unspecified atom stereocenters. The Balaban J connectivity index is 1.58. The van der Waals surface area contributed by atoms with Crippen LogP contribution in [0.3, 0.4) is 0 Å². The average molecular weight is 238 g/mol. The Morgan fingerprint density at radius 1 is 1.17 bits per heavy atom. The molecule has 0 N–H and O–H groups in total. The van der Waals surface area contributed by atoms with E-state index in [1.54, 1.807) is 5.56 Å². The van der Waals surface area contributed by atoms with Crippen LogP contribution in [0.15, 0.2) is 30.6 Å². The van der Waals surface area contributed by atoms with E-state index in [2.05, 4.69) is 40.1 Å². The van der Waals surface area contributed by atoms with Crippen molar-refractivity contribution in [1.82, 2.24) is 9.55 Å². The summed E-state index contributed by atoms with van der Waals surface area (Å²) in [4.78, 5) is 4.59. The molecule has 0 radical (unpaired) electrons. The zero-order valence-electron chi connectivity index (χ0n) is 10.6. The van der Waals surface area contributed by atoms with E-state index in [9.17, 15) is 0 Å². The summed E-state index contributed by atoms with van der Waals surface area (Å²) in [6.07, 6.45) is 8.36. The number of hydrogen-bond donors (Lipinski definition) is 0. The summed E-state index contributed by atoms with van der Waals surface area (Å²) in [5, 5.41) is 0. The third-order valence-corrected chi connectivity index (χ3v) is 4.49. The first-order valence-electron chi connectivity index (χ1n) is 7.02. The van der Waals surface area contributed by atoms with Gasteiger partial charge in [0.1, 0.15) is 0 Å². The molecular weight excluding hydrogens is 220 g/mol. The molecule has 92 valence electrons. The van der Waals surface area contributed by atoms with Crippen LogP contribution in [0, 0.1) is 0 Å². The number of imidazole rings is 1. The van der Waals surface area contributed by atoms with E-state index in [0.29, 0.717) is 5.92 Å². The molecule has 1 aromatic heterocycles. The maximum Gasteiger partial charge on any atom is 0.0951 e. The number of nitrogens with zero attached hydrogens (tertiary/aromatic N) is 2. The molecule has 0 saturated heterocycles. The third-order valence-electron chi connectivity index (χ3n) is 4.49. The summed E-state index contributed by atoms with van der Waals surface area (Å²) < 4.78 is 2.41. The Hall–Kier alpha value is -1.57. The second kappa shape index (κ2) is 3.98. The SMILES string of the molecule is c1ccc2c(c1)CC2Cn1cnc2c1CCCC2. The topological polar surface area (TPSA) is 17.8 Å². The van der Waals surface area contributed by atoms with Crippen molar-refractivity contribution >= 4 is 0 Å². The van der Waals surface area contributed by atoms with Crippen LogP contribution in [0.2, 0.25) is 0 Å². The number of aromatic nitrogens is 2. The van der Waals surface area contributed by atoms with Crippen molar-refractivity contribution in [3.8, 4) is 0 Å². The van der Waals surface area contributed by atoms with Gasteiger partial charge in [0.05, 0.1) is 12.0 Å². The molecule has 2 aromatic rings. The van der Waals surface area contributed by atoms with Gasteiger partial charge in [0, 0.05) is 18.2 Å². The molecular formula is C16H18N2. The maximum absolute atomic E-state index is 4.59. The minimum atomic E-state index is 0.710. The van der Waals surface area contributed by atoms with Crippen molar-refractivity contribution in [2.75, 3.05) is 0 Å². The largest absolute Gasteiger partial charge is 0.334 e. The Morgan fingerprint density at radius 3 is 3.00 bits per heavy atom. The highest BCUT2D eigenvalue weighted by molar-refractivity contribution is 5.39. The highest BCUT2D eigenvalue weighted by atomic mass is 15.1. The predicted molar refractivity (Wildman–Crippen MR) is 71.8 cm³/mol. The van der Waals surface area contributed by atoms with Gasteiger partial charge < -0.3 is 4.57 Å². The average Bonchev–Trinajstić information content (AvgIpc) is 2.79. The van der Waals surface area contributed by atoms with Gasteiger partial charge in [-0.1, -0.05) is 24.3 Å². The second-order valence-electron chi connectivity index (χ2n) is 5.60. The molecule has 2 nitrogen and oxygen atoms in total. The molecule has 0 aliphatic heterocycles. The normalized spacial score (nSPS) is 21.0. The number of benzene rings is 1. The van der Waals surface area contributed by atoms with Crippen LogP contribution in [0.4, 0.5) is 0 Å². The lowest BCUT2D eigenvalue weighted by atomic mass is 9.77. The fourth-order valence-electron chi connectivity index (χ4n) is 3.45.